The molecule has 1 aromatic carbocycles. The zero-order chi connectivity index (χ0) is 15.2. The second kappa shape index (κ2) is 7.25. The summed E-state index contributed by atoms with van der Waals surface area (Å²) < 4.78 is 13.4. The third-order valence-electron chi connectivity index (χ3n) is 4.06. The molecule has 0 unspecified atom stereocenters. The Labute approximate surface area is 125 Å². The fourth-order valence-electron chi connectivity index (χ4n) is 3.02. The van der Waals surface area contributed by atoms with Crippen LogP contribution in [0, 0.1) is 11.7 Å². The molecule has 0 heterocycles. The van der Waals surface area contributed by atoms with Gasteiger partial charge in [0.1, 0.15) is 5.82 Å². The van der Waals surface area contributed by atoms with Gasteiger partial charge in [-0.25, -0.2) is 9.18 Å². The first-order valence-corrected chi connectivity index (χ1v) is 7.48. The molecule has 1 fully saturated rings. The molecule has 21 heavy (non-hydrogen) atoms. The summed E-state index contributed by atoms with van der Waals surface area (Å²) in [5.41, 5.74) is 1.48. The molecule has 0 radical (unpaired) electrons. The Balaban J connectivity index is 2.14. The normalized spacial score (nSPS) is 16.3. The largest absolute Gasteiger partial charge is 0.478 e. The summed E-state index contributed by atoms with van der Waals surface area (Å²) in [6, 6.07) is 4.52. The van der Waals surface area contributed by atoms with Gasteiger partial charge in [-0.05, 0) is 43.0 Å². The van der Waals surface area contributed by atoms with E-state index in [0.29, 0.717) is 11.5 Å². The number of hydrogen-bond donors (Lipinski definition) is 1. The molecular weight excluding hydrogens is 269 g/mol. The highest BCUT2D eigenvalue weighted by atomic mass is 19.1. The average Bonchev–Trinajstić information content (AvgIpc) is 2.46. The predicted octanol–water partition coefficient (Wildman–Crippen LogP) is 3.94. The number of carbonyl (C=O) groups is 1. The van der Waals surface area contributed by atoms with Gasteiger partial charge in [0.2, 0.25) is 0 Å². The zero-order valence-electron chi connectivity index (χ0n) is 12.4. The third-order valence-corrected chi connectivity index (χ3v) is 4.06. The van der Waals surface area contributed by atoms with Crippen molar-refractivity contribution in [1.82, 2.24) is 0 Å². The van der Waals surface area contributed by atoms with Crippen molar-refractivity contribution in [2.24, 2.45) is 5.92 Å². The van der Waals surface area contributed by atoms with Crippen molar-refractivity contribution in [3.63, 3.8) is 0 Å². The van der Waals surface area contributed by atoms with Crippen LogP contribution < -0.4 is 4.90 Å². The molecule has 1 aromatic rings. The lowest BCUT2D eigenvalue weighted by atomic mass is 9.89. The minimum Gasteiger partial charge on any atom is -0.478 e. The molecule has 1 aliphatic rings. The third kappa shape index (κ3) is 4.59. The predicted molar refractivity (Wildman–Crippen MR) is 82.9 cm³/mol. The van der Waals surface area contributed by atoms with Crippen LogP contribution in [0.4, 0.5) is 10.1 Å². The first kappa shape index (κ1) is 15.5. The number of halogens is 1. The molecule has 0 saturated heterocycles. The van der Waals surface area contributed by atoms with Crippen molar-refractivity contribution in [3.05, 3.63) is 35.7 Å². The van der Waals surface area contributed by atoms with E-state index in [0.717, 1.165) is 18.3 Å². The van der Waals surface area contributed by atoms with Gasteiger partial charge in [0.25, 0.3) is 0 Å². The maximum Gasteiger partial charge on any atom is 0.328 e. The molecule has 114 valence electrons. The van der Waals surface area contributed by atoms with Crippen LogP contribution in [0.15, 0.2) is 24.3 Å². The standard InChI is InChI=1S/C17H22FNO2/c1-19(12-13-5-3-2-4-6-13)16-9-8-15(18)11-14(16)7-10-17(20)21/h7-11,13H,2-6,12H2,1H3,(H,20,21). The minimum atomic E-state index is -1.03. The molecule has 4 heteroatoms. The van der Waals surface area contributed by atoms with E-state index in [2.05, 4.69) is 4.90 Å². The SMILES string of the molecule is CN(CC1CCCCC1)c1ccc(F)cc1C=CC(=O)O. The van der Waals surface area contributed by atoms with Crippen LogP contribution in [0.2, 0.25) is 0 Å². The highest BCUT2D eigenvalue weighted by Crippen LogP contribution is 2.28. The van der Waals surface area contributed by atoms with Gasteiger partial charge in [0.05, 0.1) is 0 Å². The Hall–Kier alpha value is -1.84. The molecule has 0 bridgehead atoms. The van der Waals surface area contributed by atoms with Gasteiger partial charge >= 0.3 is 5.97 Å². The van der Waals surface area contributed by atoms with Gasteiger partial charge in [-0.1, -0.05) is 19.3 Å². The first-order chi connectivity index (χ1) is 10.1. The van der Waals surface area contributed by atoms with Gasteiger partial charge < -0.3 is 10.0 Å². The maximum absolute atomic E-state index is 13.4. The smallest absolute Gasteiger partial charge is 0.328 e. The minimum absolute atomic E-state index is 0.352. The van der Waals surface area contributed by atoms with E-state index in [1.54, 1.807) is 6.07 Å². The second-order valence-corrected chi connectivity index (χ2v) is 5.76. The number of nitrogens with zero attached hydrogens (tertiary/aromatic N) is 1. The molecule has 1 aliphatic carbocycles. The van der Waals surface area contributed by atoms with E-state index in [1.807, 2.05) is 7.05 Å². The molecular formula is C17H22FNO2. The van der Waals surface area contributed by atoms with Crippen LogP contribution in [0.25, 0.3) is 6.08 Å². The Morgan fingerprint density at radius 1 is 1.38 bits per heavy atom. The van der Waals surface area contributed by atoms with Crippen molar-refractivity contribution < 1.29 is 14.3 Å². The summed E-state index contributed by atoms with van der Waals surface area (Å²) >= 11 is 0. The van der Waals surface area contributed by atoms with Crippen LogP contribution in [-0.4, -0.2) is 24.7 Å². The van der Waals surface area contributed by atoms with Crippen molar-refractivity contribution in [2.75, 3.05) is 18.5 Å². The molecule has 0 aromatic heterocycles. The first-order valence-electron chi connectivity index (χ1n) is 7.48. The highest BCUT2D eigenvalue weighted by Gasteiger charge is 2.17. The van der Waals surface area contributed by atoms with E-state index in [4.69, 9.17) is 5.11 Å². The second-order valence-electron chi connectivity index (χ2n) is 5.76. The van der Waals surface area contributed by atoms with E-state index < -0.39 is 5.97 Å². The number of hydrogen-bond acceptors (Lipinski definition) is 2. The molecule has 2 rings (SSSR count). The van der Waals surface area contributed by atoms with Gasteiger partial charge in [0.15, 0.2) is 0 Å². The van der Waals surface area contributed by atoms with Crippen LogP contribution >= 0.6 is 0 Å². The van der Waals surface area contributed by atoms with E-state index in [1.165, 1.54) is 50.3 Å². The van der Waals surface area contributed by atoms with Crippen LogP contribution in [0.3, 0.4) is 0 Å². The summed E-state index contributed by atoms with van der Waals surface area (Å²) in [5, 5.41) is 8.74. The van der Waals surface area contributed by atoms with Gasteiger partial charge in [-0.15, -0.1) is 0 Å². The Kier molecular flexibility index (Phi) is 5.37. The Morgan fingerprint density at radius 3 is 2.76 bits per heavy atom. The van der Waals surface area contributed by atoms with E-state index >= 15 is 0 Å². The number of carboxylic acid groups (broad SMARTS) is 1. The summed E-state index contributed by atoms with van der Waals surface area (Å²) in [6.45, 7) is 0.930. The lowest BCUT2D eigenvalue weighted by Gasteiger charge is -2.29. The Bertz CT molecular complexity index is 522. The van der Waals surface area contributed by atoms with Crippen molar-refractivity contribution in [3.8, 4) is 0 Å². The van der Waals surface area contributed by atoms with Crippen LogP contribution in [-0.2, 0) is 4.79 Å². The number of benzene rings is 1. The number of rotatable bonds is 5. The van der Waals surface area contributed by atoms with E-state index in [-0.39, 0.29) is 5.82 Å². The fraction of sp³-hybridized carbons (Fsp3) is 0.471. The fourth-order valence-corrected chi connectivity index (χ4v) is 3.02. The van der Waals surface area contributed by atoms with Gasteiger partial charge in [0, 0.05) is 30.9 Å². The molecule has 1 N–H and O–H groups in total. The molecule has 0 aliphatic heterocycles. The molecule has 1 saturated carbocycles. The summed E-state index contributed by atoms with van der Waals surface area (Å²) in [7, 11) is 1.99. The lowest BCUT2D eigenvalue weighted by molar-refractivity contribution is -0.131. The Morgan fingerprint density at radius 2 is 2.10 bits per heavy atom. The molecule has 0 amide bonds. The topological polar surface area (TPSA) is 40.5 Å². The average molecular weight is 291 g/mol. The van der Waals surface area contributed by atoms with Crippen LogP contribution in [0.1, 0.15) is 37.7 Å². The van der Waals surface area contributed by atoms with Crippen molar-refractivity contribution in [2.45, 2.75) is 32.1 Å². The van der Waals surface area contributed by atoms with Gasteiger partial charge in [-0.3, -0.25) is 0 Å². The summed E-state index contributed by atoms with van der Waals surface area (Å²) in [4.78, 5) is 12.8. The summed E-state index contributed by atoms with van der Waals surface area (Å²) in [6.07, 6.45) is 8.88. The van der Waals surface area contributed by atoms with Crippen molar-refractivity contribution in [1.29, 1.82) is 0 Å². The quantitative estimate of drug-likeness (QED) is 0.835. The van der Waals surface area contributed by atoms with Gasteiger partial charge in [-0.2, -0.15) is 0 Å². The number of carboxylic acids is 1. The number of aliphatic carboxylic acids is 1. The zero-order valence-corrected chi connectivity index (χ0v) is 12.4. The molecule has 3 nitrogen and oxygen atoms in total. The summed E-state index contributed by atoms with van der Waals surface area (Å²) in [5.74, 6) is -0.708. The maximum atomic E-state index is 13.4. The molecule has 0 atom stereocenters. The lowest BCUT2D eigenvalue weighted by Crippen LogP contribution is -2.27. The monoisotopic (exact) mass is 291 g/mol. The highest BCUT2D eigenvalue weighted by molar-refractivity contribution is 5.87. The van der Waals surface area contributed by atoms with Crippen LogP contribution in [0.5, 0.6) is 0 Å². The molecule has 0 spiro atoms. The number of anilines is 1. The van der Waals surface area contributed by atoms with E-state index in [9.17, 15) is 9.18 Å². The van der Waals surface area contributed by atoms with Crippen molar-refractivity contribution >= 4 is 17.7 Å².